The van der Waals surface area contributed by atoms with Gasteiger partial charge in [-0.05, 0) is 12.8 Å². The van der Waals surface area contributed by atoms with Crippen molar-refractivity contribution in [1.82, 2.24) is 25.2 Å². The predicted octanol–water partition coefficient (Wildman–Crippen LogP) is 1.37. The van der Waals surface area contributed by atoms with Gasteiger partial charge in [-0.25, -0.2) is 4.98 Å². The van der Waals surface area contributed by atoms with Crippen LogP contribution in [0.2, 0.25) is 0 Å². The van der Waals surface area contributed by atoms with E-state index in [0.29, 0.717) is 28.5 Å². The highest BCUT2D eigenvalue weighted by molar-refractivity contribution is 6.00. The van der Waals surface area contributed by atoms with Gasteiger partial charge in [-0.3, -0.25) is 9.59 Å². The minimum atomic E-state index is -0.366. The fourth-order valence-corrected chi connectivity index (χ4v) is 3.36. The van der Waals surface area contributed by atoms with Gasteiger partial charge in [-0.15, -0.1) is 0 Å². The Labute approximate surface area is 172 Å². The zero-order valence-corrected chi connectivity index (χ0v) is 16.9. The number of furan rings is 1. The van der Waals surface area contributed by atoms with Gasteiger partial charge in [-0.1, -0.05) is 0 Å². The van der Waals surface area contributed by atoms with Crippen LogP contribution in [0.5, 0.6) is 0 Å². The number of hydrogen-bond acceptors (Lipinski definition) is 8. The van der Waals surface area contributed by atoms with Gasteiger partial charge in [0, 0.05) is 33.3 Å². The molecule has 1 aliphatic carbocycles. The summed E-state index contributed by atoms with van der Waals surface area (Å²) >= 11 is 0. The standard InChI is InChI=1S/C19H23N7O4/c1-20-15-8-14(23-12-6-7-30-16(12)19(28)21-2)25-17-10(9-22-26(15)17)18(27)24-11-4-5-13(11)29-3/h6-9,11,13,20H,4-5H2,1-3H3,(H,21,28)(H,23,25)(H,24,27)/t11-,13-/m0/s1. The number of amides is 2. The second-order valence-electron chi connectivity index (χ2n) is 6.87. The largest absolute Gasteiger partial charge is 0.457 e. The Kier molecular flexibility index (Phi) is 5.27. The molecule has 0 aliphatic heterocycles. The lowest BCUT2D eigenvalue weighted by atomic mass is 9.89. The zero-order valence-electron chi connectivity index (χ0n) is 16.9. The van der Waals surface area contributed by atoms with E-state index in [4.69, 9.17) is 9.15 Å². The first-order valence-corrected chi connectivity index (χ1v) is 9.52. The average Bonchev–Trinajstić information content (AvgIpc) is 3.37. The number of fused-ring (bicyclic) bond motifs is 1. The fourth-order valence-electron chi connectivity index (χ4n) is 3.36. The molecule has 3 aromatic heterocycles. The van der Waals surface area contributed by atoms with Gasteiger partial charge >= 0.3 is 0 Å². The van der Waals surface area contributed by atoms with Crippen molar-refractivity contribution in [2.45, 2.75) is 25.0 Å². The maximum absolute atomic E-state index is 12.8. The molecule has 11 heteroatoms. The lowest BCUT2D eigenvalue weighted by Gasteiger charge is -2.35. The highest BCUT2D eigenvalue weighted by Gasteiger charge is 2.33. The van der Waals surface area contributed by atoms with Gasteiger partial charge in [-0.2, -0.15) is 9.61 Å². The summed E-state index contributed by atoms with van der Waals surface area (Å²) in [7, 11) is 4.90. The summed E-state index contributed by atoms with van der Waals surface area (Å²) < 4.78 is 12.1. The molecule has 3 aromatic rings. The van der Waals surface area contributed by atoms with E-state index in [1.807, 2.05) is 0 Å². The van der Waals surface area contributed by atoms with Gasteiger partial charge in [0.1, 0.15) is 17.2 Å². The molecule has 30 heavy (non-hydrogen) atoms. The van der Waals surface area contributed by atoms with E-state index in [1.165, 1.54) is 19.5 Å². The summed E-state index contributed by atoms with van der Waals surface area (Å²) in [6.45, 7) is 0. The zero-order chi connectivity index (χ0) is 21.3. The van der Waals surface area contributed by atoms with Crippen molar-refractivity contribution in [3.8, 4) is 0 Å². The summed E-state index contributed by atoms with van der Waals surface area (Å²) in [5.74, 6) is 0.538. The Morgan fingerprint density at radius 2 is 2.10 bits per heavy atom. The second-order valence-corrected chi connectivity index (χ2v) is 6.87. The van der Waals surface area contributed by atoms with Gasteiger partial charge in [0.2, 0.25) is 5.76 Å². The second kappa shape index (κ2) is 8.03. The number of carbonyl (C=O) groups excluding carboxylic acids is 2. The molecule has 1 saturated carbocycles. The van der Waals surface area contributed by atoms with E-state index in [9.17, 15) is 9.59 Å². The van der Waals surface area contributed by atoms with Crippen molar-refractivity contribution >= 4 is 34.8 Å². The number of carbonyl (C=O) groups is 2. The molecular formula is C19H23N7O4. The molecule has 3 heterocycles. The topological polar surface area (TPSA) is 135 Å². The first kappa shape index (κ1) is 19.7. The summed E-state index contributed by atoms with van der Waals surface area (Å²) in [6, 6.07) is 3.32. The van der Waals surface area contributed by atoms with Crippen molar-refractivity contribution in [1.29, 1.82) is 0 Å². The minimum absolute atomic E-state index is 0.0245. The number of nitrogens with zero attached hydrogens (tertiary/aromatic N) is 3. The van der Waals surface area contributed by atoms with Crippen molar-refractivity contribution < 1.29 is 18.7 Å². The van der Waals surface area contributed by atoms with Crippen LogP contribution >= 0.6 is 0 Å². The third-order valence-corrected chi connectivity index (χ3v) is 5.16. The lowest BCUT2D eigenvalue weighted by molar-refractivity contribution is 0.00732. The average molecular weight is 413 g/mol. The molecule has 1 aliphatic rings. The maximum atomic E-state index is 12.8. The normalized spacial score (nSPS) is 18.0. The monoisotopic (exact) mass is 413 g/mol. The van der Waals surface area contributed by atoms with Gasteiger partial charge < -0.3 is 30.4 Å². The van der Waals surface area contributed by atoms with Crippen LogP contribution in [0.3, 0.4) is 0 Å². The SMILES string of the molecule is CNC(=O)c1occc1Nc1cc(NC)n2ncc(C(=O)N[C@H]3CC[C@@H]3OC)c2n1. The van der Waals surface area contributed by atoms with E-state index in [1.54, 1.807) is 30.8 Å². The van der Waals surface area contributed by atoms with Crippen LogP contribution < -0.4 is 21.3 Å². The molecule has 4 N–H and O–H groups in total. The summed E-state index contributed by atoms with van der Waals surface area (Å²) in [5.41, 5.74) is 1.17. The van der Waals surface area contributed by atoms with E-state index >= 15 is 0 Å². The van der Waals surface area contributed by atoms with Crippen LogP contribution in [0.4, 0.5) is 17.3 Å². The van der Waals surface area contributed by atoms with Crippen molar-refractivity contribution in [3.63, 3.8) is 0 Å². The number of ether oxygens (including phenoxy) is 1. The number of anilines is 3. The van der Waals surface area contributed by atoms with Crippen LogP contribution in [0, 0.1) is 0 Å². The molecule has 0 aromatic carbocycles. The molecule has 0 spiro atoms. The van der Waals surface area contributed by atoms with Crippen LogP contribution in [0.15, 0.2) is 29.0 Å². The Bertz CT molecular complexity index is 1090. The van der Waals surface area contributed by atoms with Crippen LogP contribution in [-0.2, 0) is 4.74 Å². The molecule has 4 rings (SSSR count). The molecule has 0 bridgehead atoms. The molecule has 0 radical (unpaired) electrons. The van der Waals surface area contributed by atoms with Crippen LogP contribution in [0.25, 0.3) is 5.65 Å². The summed E-state index contributed by atoms with van der Waals surface area (Å²) in [5, 5.41) is 15.9. The van der Waals surface area contributed by atoms with Gasteiger partial charge in [0.15, 0.2) is 5.65 Å². The highest BCUT2D eigenvalue weighted by atomic mass is 16.5. The first-order chi connectivity index (χ1) is 14.5. The third kappa shape index (κ3) is 3.43. The van der Waals surface area contributed by atoms with E-state index in [2.05, 4.69) is 31.3 Å². The molecule has 0 unspecified atom stereocenters. The number of methoxy groups -OCH3 is 1. The van der Waals surface area contributed by atoms with Gasteiger partial charge in [0.05, 0.1) is 30.3 Å². The van der Waals surface area contributed by atoms with Crippen molar-refractivity contribution in [2.75, 3.05) is 31.8 Å². The molecule has 2 amide bonds. The molecule has 2 atom stereocenters. The van der Waals surface area contributed by atoms with Crippen molar-refractivity contribution in [2.24, 2.45) is 0 Å². The number of hydrogen-bond donors (Lipinski definition) is 4. The third-order valence-electron chi connectivity index (χ3n) is 5.16. The van der Waals surface area contributed by atoms with Crippen LogP contribution in [-0.4, -0.2) is 59.8 Å². The number of aromatic nitrogens is 3. The quantitative estimate of drug-likeness (QED) is 0.456. The Morgan fingerprint density at radius 1 is 1.27 bits per heavy atom. The van der Waals surface area contributed by atoms with Crippen LogP contribution in [0.1, 0.15) is 33.8 Å². The smallest absolute Gasteiger partial charge is 0.288 e. The molecule has 158 valence electrons. The molecule has 0 saturated heterocycles. The minimum Gasteiger partial charge on any atom is -0.457 e. The molecular weight excluding hydrogens is 390 g/mol. The maximum Gasteiger partial charge on any atom is 0.288 e. The number of rotatable bonds is 7. The van der Waals surface area contributed by atoms with Gasteiger partial charge in [0.25, 0.3) is 11.8 Å². The highest BCUT2D eigenvalue weighted by Crippen LogP contribution is 2.26. The Hall–Kier alpha value is -3.60. The van der Waals surface area contributed by atoms with E-state index < -0.39 is 0 Å². The number of nitrogens with one attached hydrogen (secondary N) is 4. The van der Waals surface area contributed by atoms with Crippen molar-refractivity contribution in [3.05, 3.63) is 35.9 Å². The Balaban J connectivity index is 1.66. The summed E-state index contributed by atoms with van der Waals surface area (Å²) in [4.78, 5) is 29.3. The predicted molar refractivity (Wildman–Crippen MR) is 109 cm³/mol. The lowest BCUT2D eigenvalue weighted by Crippen LogP contribution is -2.51. The molecule has 1 fully saturated rings. The molecule has 11 nitrogen and oxygen atoms in total. The van der Waals surface area contributed by atoms with E-state index in [0.717, 1.165) is 12.8 Å². The fraction of sp³-hybridized carbons (Fsp3) is 0.368. The van der Waals surface area contributed by atoms with E-state index in [-0.39, 0.29) is 29.7 Å². The first-order valence-electron chi connectivity index (χ1n) is 9.52. The Morgan fingerprint density at radius 3 is 2.77 bits per heavy atom. The summed E-state index contributed by atoms with van der Waals surface area (Å²) in [6.07, 6.45) is 4.71.